The maximum Gasteiger partial charge on any atom is 0.131 e. The third-order valence-electron chi connectivity index (χ3n) is 2.67. The molecule has 0 aliphatic heterocycles. The summed E-state index contributed by atoms with van der Waals surface area (Å²) in [5.41, 5.74) is 0.628. The number of hydrogen-bond donors (Lipinski definition) is 1. The van der Waals surface area contributed by atoms with Gasteiger partial charge in [-0.25, -0.2) is 4.39 Å². The first-order valence-corrected chi connectivity index (χ1v) is 5.25. The number of benzene rings is 1. The van der Waals surface area contributed by atoms with Crippen LogP contribution >= 0.6 is 0 Å². The summed E-state index contributed by atoms with van der Waals surface area (Å²) in [5.74, 6) is -0.368. The van der Waals surface area contributed by atoms with Crippen molar-refractivity contribution >= 4 is 0 Å². The first-order chi connectivity index (χ1) is 7.06. The minimum absolute atomic E-state index is 0.0263. The van der Waals surface area contributed by atoms with E-state index in [4.69, 9.17) is 5.11 Å². The molecule has 0 saturated heterocycles. The maximum atomic E-state index is 13.5. The van der Waals surface area contributed by atoms with E-state index in [1.807, 2.05) is 14.0 Å². The second kappa shape index (κ2) is 5.12. The highest BCUT2D eigenvalue weighted by Crippen LogP contribution is 2.24. The van der Waals surface area contributed by atoms with Crippen LogP contribution < -0.4 is 0 Å². The van der Waals surface area contributed by atoms with Gasteiger partial charge in [-0.3, -0.25) is 4.90 Å². The molecule has 0 bridgehead atoms. The number of phenolic OH excluding ortho intramolecular Hbond substituents is 1. The molecule has 1 atom stereocenters. The Morgan fingerprint density at radius 3 is 2.67 bits per heavy atom. The van der Waals surface area contributed by atoms with Gasteiger partial charge in [0, 0.05) is 17.7 Å². The number of phenols is 1. The van der Waals surface area contributed by atoms with Crippen LogP contribution in [0.4, 0.5) is 4.39 Å². The van der Waals surface area contributed by atoms with Crippen molar-refractivity contribution in [2.75, 3.05) is 13.6 Å². The summed E-state index contributed by atoms with van der Waals surface area (Å²) in [4.78, 5) is 2.09. The molecule has 0 spiro atoms. The molecule has 3 heteroatoms. The lowest BCUT2D eigenvalue weighted by Gasteiger charge is -2.24. The van der Waals surface area contributed by atoms with Gasteiger partial charge < -0.3 is 5.11 Å². The lowest BCUT2D eigenvalue weighted by Crippen LogP contribution is -2.23. The zero-order valence-electron chi connectivity index (χ0n) is 9.50. The van der Waals surface area contributed by atoms with Crippen molar-refractivity contribution in [3.05, 3.63) is 29.6 Å². The van der Waals surface area contributed by atoms with Crippen molar-refractivity contribution < 1.29 is 9.50 Å². The fourth-order valence-electron chi connectivity index (χ4n) is 1.64. The molecule has 0 aliphatic rings. The molecular weight excluding hydrogens is 193 g/mol. The molecule has 84 valence electrons. The van der Waals surface area contributed by atoms with Crippen LogP contribution in [0, 0.1) is 5.82 Å². The van der Waals surface area contributed by atoms with E-state index in [9.17, 15) is 4.39 Å². The summed E-state index contributed by atoms with van der Waals surface area (Å²) in [7, 11) is 1.97. The summed E-state index contributed by atoms with van der Waals surface area (Å²) < 4.78 is 13.5. The SMILES string of the molecule is CCCN(C)C(C)c1ccc(O)cc1F. The van der Waals surface area contributed by atoms with Crippen LogP contribution in [0.3, 0.4) is 0 Å². The zero-order chi connectivity index (χ0) is 11.4. The summed E-state index contributed by atoms with van der Waals surface area (Å²) in [6.45, 7) is 4.99. The van der Waals surface area contributed by atoms with Crippen LogP contribution in [0.5, 0.6) is 5.75 Å². The average molecular weight is 211 g/mol. The van der Waals surface area contributed by atoms with Gasteiger partial charge in [0.25, 0.3) is 0 Å². The third-order valence-corrected chi connectivity index (χ3v) is 2.67. The van der Waals surface area contributed by atoms with E-state index in [1.165, 1.54) is 6.07 Å². The van der Waals surface area contributed by atoms with Crippen molar-refractivity contribution in [3.63, 3.8) is 0 Å². The Labute approximate surface area is 90.3 Å². The standard InChI is InChI=1S/C12H18FNO/c1-4-7-14(3)9(2)11-6-5-10(15)8-12(11)13/h5-6,8-9,15H,4,7H2,1-3H3. The lowest BCUT2D eigenvalue weighted by molar-refractivity contribution is 0.256. The van der Waals surface area contributed by atoms with Gasteiger partial charge in [-0.15, -0.1) is 0 Å². The molecule has 0 saturated carbocycles. The molecule has 15 heavy (non-hydrogen) atoms. The van der Waals surface area contributed by atoms with Gasteiger partial charge in [-0.2, -0.15) is 0 Å². The van der Waals surface area contributed by atoms with E-state index in [2.05, 4.69) is 11.8 Å². The fourth-order valence-corrected chi connectivity index (χ4v) is 1.64. The summed E-state index contributed by atoms with van der Waals surface area (Å²) in [6.07, 6.45) is 1.04. The molecule has 0 amide bonds. The predicted octanol–water partition coefficient (Wildman–Crippen LogP) is 2.93. The topological polar surface area (TPSA) is 23.5 Å². The molecule has 0 aliphatic carbocycles. The Morgan fingerprint density at radius 2 is 2.13 bits per heavy atom. The monoisotopic (exact) mass is 211 g/mol. The molecule has 1 aromatic rings. The minimum Gasteiger partial charge on any atom is -0.508 e. The Kier molecular flexibility index (Phi) is 4.09. The van der Waals surface area contributed by atoms with Crippen LogP contribution in [-0.4, -0.2) is 23.6 Å². The van der Waals surface area contributed by atoms with Gasteiger partial charge in [0.1, 0.15) is 11.6 Å². The smallest absolute Gasteiger partial charge is 0.131 e. The molecule has 1 unspecified atom stereocenters. The number of rotatable bonds is 4. The number of halogens is 1. The molecule has 0 radical (unpaired) electrons. The number of hydrogen-bond acceptors (Lipinski definition) is 2. The number of aromatic hydroxyl groups is 1. The first-order valence-electron chi connectivity index (χ1n) is 5.25. The second-order valence-corrected chi connectivity index (χ2v) is 3.86. The minimum atomic E-state index is -0.342. The van der Waals surface area contributed by atoms with Gasteiger partial charge in [0.2, 0.25) is 0 Å². The van der Waals surface area contributed by atoms with Crippen molar-refractivity contribution in [2.24, 2.45) is 0 Å². The molecular formula is C12H18FNO. The van der Waals surface area contributed by atoms with Crippen molar-refractivity contribution in [3.8, 4) is 5.75 Å². The maximum absolute atomic E-state index is 13.5. The molecule has 2 nitrogen and oxygen atoms in total. The normalized spacial score (nSPS) is 13.1. The van der Waals surface area contributed by atoms with Gasteiger partial charge in [0.05, 0.1) is 0 Å². The van der Waals surface area contributed by atoms with Crippen molar-refractivity contribution in [2.45, 2.75) is 26.3 Å². The quantitative estimate of drug-likeness (QED) is 0.827. The highest BCUT2D eigenvalue weighted by atomic mass is 19.1. The van der Waals surface area contributed by atoms with E-state index < -0.39 is 0 Å². The van der Waals surface area contributed by atoms with E-state index in [0.29, 0.717) is 5.56 Å². The van der Waals surface area contributed by atoms with E-state index in [1.54, 1.807) is 6.07 Å². The summed E-state index contributed by atoms with van der Waals surface area (Å²) in [6, 6.07) is 4.35. The Hall–Kier alpha value is -1.09. The van der Waals surface area contributed by atoms with Gasteiger partial charge >= 0.3 is 0 Å². The van der Waals surface area contributed by atoms with Crippen LogP contribution in [0.15, 0.2) is 18.2 Å². The van der Waals surface area contributed by atoms with E-state index in [0.717, 1.165) is 19.0 Å². The van der Waals surface area contributed by atoms with Gasteiger partial charge in [0.15, 0.2) is 0 Å². The van der Waals surface area contributed by atoms with Crippen LogP contribution in [0.2, 0.25) is 0 Å². The highest BCUT2D eigenvalue weighted by molar-refractivity contribution is 5.29. The van der Waals surface area contributed by atoms with Crippen LogP contribution in [0.1, 0.15) is 31.9 Å². The van der Waals surface area contributed by atoms with Crippen LogP contribution in [-0.2, 0) is 0 Å². The molecule has 0 fully saturated rings. The zero-order valence-corrected chi connectivity index (χ0v) is 9.50. The highest BCUT2D eigenvalue weighted by Gasteiger charge is 2.14. The average Bonchev–Trinajstić information content (AvgIpc) is 2.17. The van der Waals surface area contributed by atoms with E-state index >= 15 is 0 Å². The Morgan fingerprint density at radius 1 is 1.47 bits per heavy atom. The van der Waals surface area contributed by atoms with Crippen LogP contribution in [0.25, 0.3) is 0 Å². The summed E-state index contributed by atoms with van der Waals surface area (Å²) in [5, 5.41) is 9.11. The molecule has 1 N–H and O–H groups in total. The molecule has 0 heterocycles. The summed E-state index contributed by atoms with van der Waals surface area (Å²) >= 11 is 0. The predicted molar refractivity (Wildman–Crippen MR) is 59.4 cm³/mol. The van der Waals surface area contributed by atoms with E-state index in [-0.39, 0.29) is 17.6 Å². The second-order valence-electron chi connectivity index (χ2n) is 3.86. The Balaban J connectivity index is 2.86. The molecule has 1 aromatic carbocycles. The van der Waals surface area contributed by atoms with Crippen molar-refractivity contribution in [1.82, 2.24) is 4.90 Å². The van der Waals surface area contributed by atoms with Gasteiger partial charge in [-0.1, -0.05) is 13.0 Å². The fraction of sp³-hybridized carbons (Fsp3) is 0.500. The lowest BCUT2D eigenvalue weighted by atomic mass is 10.1. The number of nitrogens with zero attached hydrogens (tertiary/aromatic N) is 1. The Bertz CT molecular complexity index is 327. The third kappa shape index (κ3) is 2.93. The molecule has 0 aromatic heterocycles. The first kappa shape index (κ1) is 12.0. The van der Waals surface area contributed by atoms with Crippen molar-refractivity contribution in [1.29, 1.82) is 0 Å². The molecule has 1 rings (SSSR count). The largest absolute Gasteiger partial charge is 0.508 e. The van der Waals surface area contributed by atoms with Gasteiger partial charge in [-0.05, 0) is 33.0 Å².